The van der Waals surface area contributed by atoms with Gasteiger partial charge in [0, 0.05) is 43.2 Å². The lowest BCUT2D eigenvalue weighted by molar-refractivity contribution is -0.123. The van der Waals surface area contributed by atoms with Crippen LogP contribution in [0.25, 0.3) is 5.69 Å². The van der Waals surface area contributed by atoms with Gasteiger partial charge in [-0.1, -0.05) is 18.2 Å². The predicted molar refractivity (Wildman–Crippen MR) is 115 cm³/mol. The molecule has 1 saturated carbocycles. The highest BCUT2D eigenvalue weighted by Crippen LogP contribution is 2.59. The minimum atomic E-state index is 0.183. The van der Waals surface area contributed by atoms with Crippen LogP contribution in [0.4, 0.5) is 0 Å². The normalized spacial score (nSPS) is 20.2. The highest BCUT2D eigenvalue weighted by Gasteiger charge is 2.58. The van der Waals surface area contributed by atoms with Crippen molar-refractivity contribution < 1.29 is 4.79 Å². The van der Waals surface area contributed by atoms with Crippen LogP contribution in [0.5, 0.6) is 0 Å². The number of likely N-dealkylation sites (tertiary alicyclic amines) is 1. The number of nitrogens with one attached hydrogen (secondary N) is 1. The Kier molecular flexibility index (Phi) is 5.09. The fourth-order valence-electron chi connectivity index (χ4n) is 4.66. The molecule has 1 unspecified atom stereocenters. The standard InChI is InChI=1S/C24H27N5O/c30-23(26-15-19-6-10-25-11-7-19)22-14-24(22)8-12-28(13-9-24)17-20-16-27-29(18-20)21-4-2-1-3-5-21/h1-7,10-11,16,18,22H,8-9,12-15,17H2,(H,26,30). The number of nitrogens with zero attached hydrogens (tertiary/aromatic N) is 4. The van der Waals surface area contributed by atoms with Gasteiger partial charge in [0.2, 0.25) is 5.91 Å². The van der Waals surface area contributed by atoms with Gasteiger partial charge >= 0.3 is 0 Å². The maximum absolute atomic E-state index is 12.6. The van der Waals surface area contributed by atoms with Crippen molar-refractivity contribution >= 4 is 5.91 Å². The molecule has 1 aromatic carbocycles. The van der Waals surface area contributed by atoms with Crippen molar-refractivity contribution in [2.24, 2.45) is 11.3 Å². The zero-order valence-electron chi connectivity index (χ0n) is 17.1. The van der Waals surface area contributed by atoms with Gasteiger partial charge in [-0.25, -0.2) is 4.68 Å². The number of benzene rings is 1. The quantitative estimate of drug-likeness (QED) is 0.689. The summed E-state index contributed by atoms with van der Waals surface area (Å²) in [5.41, 5.74) is 3.64. The van der Waals surface area contributed by atoms with E-state index in [2.05, 4.69) is 38.6 Å². The zero-order chi connectivity index (χ0) is 20.4. The van der Waals surface area contributed by atoms with Crippen LogP contribution in [0.2, 0.25) is 0 Å². The molecule has 30 heavy (non-hydrogen) atoms. The van der Waals surface area contributed by atoms with Gasteiger partial charge in [-0.2, -0.15) is 5.10 Å². The van der Waals surface area contributed by atoms with Gasteiger partial charge in [0.1, 0.15) is 0 Å². The summed E-state index contributed by atoms with van der Waals surface area (Å²) in [7, 11) is 0. The molecule has 154 valence electrons. The lowest BCUT2D eigenvalue weighted by Crippen LogP contribution is -2.36. The van der Waals surface area contributed by atoms with E-state index in [9.17, 15) is 4.79 Å². The van der Waals surface area contributed by atoms with Gasteiger partial charge in [-0.05, 0) is 67.6 Å². The zero-order valence-corrected chi connectivity index (χ0v) is 17.1. The van der Waals surface area contributed by atoms with E-state index in [1.807, 2.05) is 41.2 Å². The Hall–Kier alpha value is -2.99. The Bertz CT molecular complexity index is 993. The van der Waals surface area contributed by atoms with Crippen molar-refractivity contribution in [3.63, 3.8) is 0 Å². The van der Waals surface area contributed by atoms with Gasteiger partial charge in [0.05, 0.1) is 11.9 Å². The second-order valence-electron chi connectivity index (χ2n) is 8.60. The molecule has 5 rings (SSSR count). The van der Waals surface area contributed by atoms with E-state index in [1.165, 1.54) is 5.56 Å². The fraction of sp³-hybridized carbons (Fsp3) is 0.375. The molecule has 1 spiro atoms. The number of rotatable bonds is 6. The lowest BCUT2D eigenvalue weighted by Gasteiger charge is -2.32. The Balaban J connectivity index is 1.10. The van der Waals surface area contributed by atoms with Crippen LogP contribution in [0.3, 0.4) is 0 Å². The number of hydrogen-bond donors (Lipinski definition) is 1. The van der Waals surface area contributed by atoms with Crippen molar-refractivity contribution in [3.05, 3.63) is 78.4 Å². The van der Waals surface area contributed by atoms with Crippen LogP contribution >= 0.6 is 0 Å². The van der Waals surface area contributed by atoms with Gasteiger partial charge in [0.25, 0.3) is 0 Å². The molecule has 1 atom stereocenters. The van der Waals surface area contributed by atoms with Crippen LogP contribution in [0, 0.1) is 11.3 Å². The number of carbonyl (C=O) groups excluding carboxylic acids is 1. The first kappa shape index (κ1) is 19.0. The third-order valence-electron chi connectivity index (χ3n) is 6.64. The molecule has 2 aromatic heterocycles. The molecule has 1 N–H and O–H groups in total. The van der Waals surface area contributed by atoms with Crippen molar-refractivity contribution in [1.82, 2.24) is 25.0 Å². The van der Waals surface area contributed by atoms with Crippen molar-refractivity contribution in [3.8, 4) is 5.69 Å². The molecule has 1 saturated heterocycles. The van der Waals surface area contributed by atoms with E-state index >= 15 is 0 Å². The topological polar surface area (TPSA) is 63.1 Å². The van der Waals surface area contributed by atoms with E-state index in [0.717, 1.165) is 50.1 Å². The third-order valence-corrected chi connectivity index (χ3v) is 6.64. The van der Waals surface area contributed by atoms with Gasteiger partial charge in [-0.15, -0.1) is 0 Å². The Labute approximate surface area is 176 Å². The number of aromatic nitrogens is 3. The van der Waals surface area contributed by atoms with Gasteiger partial charge < -0.3 is 5.32 Å². The first-order valence-corrected chi connectivity index (χ1v) is 10.7. The predicted octanol–water partition coefficient (Wildman–Crippen LogP) is 3.19. The molecule has 0 bridgehead atoms. The molecule has 6 heteroatoms. The summed E-state index contributed by atoms with van der Waals surface area (Å²) >= 11 is 0. The van der Waals surface area contributed by atoms with E-state index in [0.29, 0.717) is 6.54 Å². The summed E-state index contributed by atoms with van der Waals surface area (Å²) in [4.78, 5) is 19.1. The highest BCUT2D eigenvalue weighted by atomic mass is 16.2. The van der Waals surface area contributed by atoms with Crippen LogP contribution < -0.4 is 5.32 Å². The van der Waals surface area contributed by atoms with E-state index in [1.54, 1.807) is 12.4 Å². The summed E-state index contributed by atoms with van der Waals surface area (Å²) in [6.07, 6.45) is 10.9. The lowest BCUT2D eigenvalue weighted by atomic mass is 9.90. The maximum Gasteiger partial charge on any atom is 0.223 e. The van der Waals surface area contributed by atoms with Crippen LogP contribution in [-0.2, 0) is 17.9 Å². The average molecular weight is 402 g/mol. The fourth-order valence-corrected chi connectivity index (χ4v) is 4.66. The number of hydrogen-bond acceptors (Lipinski definition) is 4. The van der Waals surface area contributed by atoms with Crippen molar-refractivity contribution in [2.45, 2.75) is 32.4 Å². The molecule has 0 radical (unpaired) electrons. The monoisotopic (exact) mass is 401 g/mol. The molecule has 2 fully saturated rings. The Morgan fingerprint density at radius 1 is 1.07 bits per heavy atom. The van der Waals surface area contributed by atoms with E-state index in [-0.39, 0.29) is 17.2 Å². The summed E-state index contributed by atoms with van der Waals surface area (Å²) in [5.74, 6) is 0.395. The molecule has 1 amide bonds. The number of amides is 1. The highest BCUT2D eigenvalue weighted by molar-refractivity contribution is 5.82. The second kappa shape index (κ2) is 8.03. The Morgan fingerprint density at radius 3 is 2.60 bits per heavy atom. The first-order valence-electron chi connectivity index (χ1n) is 10.7. The smallest absolute Gasteiger partial charge is 0.223 e. The van der Waals surface area contributed by atoms with E-state index in [4.69, 9.17) is 0 Å². The van der Waals surface area contributed by atoms with Gasteiger partial charge in [0.15, 0.2) is 0 Å². The first-order chi connectivity index (χ1) is 14.7. The molecule has 2 aliphatic rings. The minimum Gasteiger partial charge on any atom is -0.352 e. The minimum absolute atomic E-state index is 0.183. The summed E-state index contributed by atoms with van der Waals surface area (Å²) in [6.45, 7) is 3.60. The Morgan fingerprint density at radius 2 is 1.83 bits per heavy atom. The molecule has 6 nitrogen and oxygen atoms in total. The number of para-hydroxylation sites is 1. The van der Waals surface area contributed by atoms with Crippen molar-refractivity contribution in [1.29, 1.82) is 0 Å². The molecular weight excluding hydrogens is 374 g/mol. The molecule has 3 aromatic rings. The molecular formula is C24H27N5O. The number of carbonyl (C=O) groups is 1. The van der Waals surface area contributed by atoms with Crippen LogP contribution in [-0.4, -0.2) is 38.7 Å². The summed E-state index contributed by atoms with van der Waals surface area (Å²) in [6, 6.07) is 14.1. The average Bonchev–Trinajstić information content (AvgIpc) is 3.29. The second-order valence-corrected chi connectivity index (χ2v) is 8.60. The third kappa shape index (κ3) is 4.00. The van der Waals surface area contributed by atoms with Crippen LogP contribution in [0.1, 0.15) is 30.4 Å². The molecule has 1 aliphatic heterocycles. The number of pyridine rings is 1. The van der Waals surface area contributed by atoms with Crippen LogP contribution in [0.15, 0.2) is 67.3 Å². The molecule has 1 aliphatic carbocycles. The number of piperidine rings is 1. The summed E-state index contributed by atoms with van der Waals surface area (Å²) in [5, 5.41) is 7.62. The van der Waals surface area contributed by atoms with Gasteiger partial charge in [-0.3, -0.25) is 14.7 Å². The van der Waals surface area contributed by atoms with Crippen molar-refractivity contribution in [2.75, 3.05) is 13.1 Å². The molecule has 3 heterocycles. The van der Waals surface area contributed by atoms with E-state index < -0.39 is 0 Å². The SMILES string of the molecule is O=C(NCc1ccncc1)C1CC12CCN(Cc1cnn(-c3ccccc3)c1)CC2. The maximum atomic E-state index is 12.6. The largest absolute Gasteiger partial charge is 0.352 e. The summed E-state index contributed by atoms with van der Waals surface area (Å²) < 4.78 is 1.94.